The van der Waals surface area contributed by atoms with Gasteiger partial charge in [0.2, 0.25) is 5.91 Å². The van der Waals surface area contributed by atoms with E-state index >= 15 is 0 Å². The smallest absolute Gasteiger partial charge is 0.320 e. The van der Waals surface area contributed by atoms with Crippen molar-refractivity contribution in [1.82, 2.24) is 9.97 Å². The van der Waals surface area contributed by atoms with Crippen LogP contribution in [0, 0.1) is 6.92 Å². The van der Waals surface area contributed by atoms with E-state index in [2.05, 4.69) is 45.1 Å². The zero-order valence-corrected chi connectivity index (χ0v) is 19.2. The van der Waals surface area contributed by atoms with Crippen molar-refractivity contribution in [3.63, 3.8) is 0 Å². The van der Waals surface area contributed by atoms with Gasteiger partial charge >= 0.3 is 6.18 Å². The van der Waals surface area contributed by atoms with E-state index in [4.69, 9.17) is 0 Å². The number of nitrogens with zero attached hydrogens (tertiary/aromatic N) is 3. The van der Waals surface area contributed by atoms with Gasteiger partial charge in [-0.05, 0) is 52.5 Å². The highest BCUT2D eigenvalue weighted by Crippen LogP contribution is 2.44. The van der Waals surface area contributed by atoms with E-state index in [0.29, 0.717) is 23.2 Å². The minimum absolute atomic E-state index is 0.0244. The summed E-state index contributed by atoms with van der Waals surface area (Å²) in [7, 11) is 0. The van der Waals surface area contributed by atoms with Crippen LogP contribution in [-0.2, 0) is 11.0 Å². The number of hydrogen-bond acceptors (Lipinski definition) is 4. The molecule has 0 atom stereocenters. The molecule has 1 aliphatic rings. The molecule has 4 rings (SSSR count). The molecule has 2 aromatic carbocycles. The zero-order valence-electron chi connectivity index (χ0n) is 17.6. The number of carbonyl (C=O) groups excluding carboxylic acids is 1. The summed E-state index contributed by atoms with van der Waals surface area (Å²) < 4.78 is 41.8. The normalized spacial score (nSPS) is 13.9. The third kappa shape index (κ3) is 4.09. The van der Waals surface area contributed by atoms with Gasteiger partial charge in [-0.25, -0.2) is 9.97 Å². The summed E-state index contributed by atoms with van der Waals surface area (Å²) in [6.07, 6.45) is -4.57. The Morgan fingerprint density at radius 3 is 2.50 bits per heavy atom. The lowest BCUT2D eigenvalue weighted by Gasteiger charge is -2.32. The Balaban J connectivity index is 1.93. The van der Waals surface area contributed by atoms with Crippen LogP contribution in [0.25, 0.3) is 11.3 Å². The van der Waals surface area contributed by atoms with Crippen LogP contribution < -0.4 is 10.2 Å². The fourth-order valence-corrected chi connectivity index (χ4v) is 4.31. The monoisotopic (exact) mass is 504 g/mol. The van der Waals surface area contributed by atoms with Crippen molar-refractivity contribution >= 4 is 39.0 Å². The maximum atomic E-state index is 13.7. The average Bonchev–Trinajstić information content (AvgIpc) is 2.72. The predicted octanol–water partition coefficient (Wildman–Crippen LogP) is 6.45. The van der Waals surface area contributed by atoms with Crippen LogP contribution in [0.3, 0.4) is 0 Å². The van der Waals surface area contributed by atoms with E-state index in [1.807, 2.05) is 18.2 Å². The molecule has 32 heavy (non-hydrogen) atoms. The standard InChI is InChI=1S/C23H20BrF3N4O/c1-12(2)14-8-9-18(17(24)10-14)31-11-19(32)30-21-20(28-13(3)29-22(21)31)15-6-4-5-7-16(15)23(25,26)27/h4-10,12H,11H2,1-3H3,(H,30,32). The summed E-state index contributed by atoms with van der Waals surface area (Å²) in [6.45, 7) is 5.74. The molecule has 1 N–H and O–H groups in total. The molecule has 0 aliphatic carbocycles. The second-order valence-corrected chi connectivity index (χ2v) is 8.72. The van der Waals surface area contributed by atoms with Crippen molar-refractivity contribution in [3.8, 4) is 11.3 Å². The summed E-state index contributed by atoms with van der Waals surface area (Å²) in [5.41, 5.74) is 1.06. The second kappa shape index (κ2) is 8.20. The number of alkyl halides is 3. The second-order valence-electron chi connectivity index (χ2n) is 7.86. The molecule has 0 saturated heterocycles. The number of amides is 1. The molecule has 166 valence electrons. The van der Waals surface area contributed by atoms with Gasteiger partial charge in [0, 0.05) is 10.0 Å². The van der Waals surface area contributed by atoms with Gasteiger partial charge in [-0.15, -0.1) is 0 Å². The van der Waals surface area contributed by atoms with Crippen molar-refractivity contribution in [1.29, 1.82) is 0 Å². The molecule has 0 fully saturated rings. The van der Waals surface area contributed by atoms with Crippen molar-refractivity contribution in [3.05, 3.63) is 63.9 Å². The maximum absolute atomic E-state index is 13.7. The molecule has 0 spiro atoms. The Morgan fingerprint density at radius 2 is 1.84 bits per heavy atom. The number of aromatic nitrogens is 2. The number of halogens is 4. The highest BCUT2D eigenvalue weighted by atomic mass is 79.9. The van der Waals surface area contributed by atoms with Crippen molar-refractivity contribution in [2.75, 3.05) is 16.8 Å². The van der Waals surface area contributed by atoms with Crippen molar-refractivity contribution < 1.29 is 18.0 Å². The fraction of sp³-hybridized carbons (Fsp3) is 0.261. The van der Waals surface area contributed by atoms with Crippen LogP contribution in [0.5, 0.6) is 0 Å². The van der Waals surface area contributed by atoms with Crippen molar-refractivity contribution in [2.24, 2.45) is 0 Å². The Labute approximate surface area is 191 Å². The number of anilines is 3. The van der Waals surface area contributed by atoms with Gasteiger partial charge in [-0.3, -0.25) is 4.79 Å². The minimum Gasteiger partial charge on any atom is -0.320 e. The molecule has 9 heteroatoms. The average molecular weight is 505 g/mol. The van der Waals surface area contributed by atoms with Crippen LogP contribution in [0.4, 0.5) is 30.4 Å². The quantitative estimate of drug-likeness (QED) is 0.445. The van der Waals surface area contributed by atoms with Gasteiger partial charge in [-0.2, -0.15) is 13.2 Å². The van der Waals surface area contributed by atoms with Gasteiger partial charge in [0.15, 0.2) is 5.82 Å². The van der Waals surface area contributed by atoms with Crippen LogP contribution in [-0.4, -0.2) is 22.4 Å². The molecule has 0 radical (unpaired) electrons. The third-order valence-electron chi connectivity index (χ3n) is 5.24. The molecule has 2 heterocycles. The molecule has 1 aromatic heterocycles. The first-order valence-electron chi connectivity index (χ1n) is 9.98. The Kier molecular flexibility index (Phi) is 5.70. The Bertz CT molecular complexity index is 1210. The largest absolute Gasteiger partial charge is 0.417 e. The summed E-state index contributed by atoms with van der Waals surface area (Å²) >= 11 is 3.58. The molecule has 1 aliphatic heterocycles. The highest BCUT2D eigenvalue weighted by Gasteiger charge is 2.36. The molecule has 0 bridgehead atoms. The SMILES string of the molecule is Cc1nc(-c2ccccc2C(F)(F)F)c2c(n1)N(c1ccc(C(C)C)cc1Br)CC(=O)N2. The lowest BCUT2D eigenvalue weighted by atomic mass is 10.0. The van der Waals surface area contributed by atoms with Crippen LogP contribution in [0.1, 0.15) is 36.7 Å². The third-order valence-corrected chi connectivity index (χ3v) is 5.88. The molecule has 3 aromatic rings. The number of hydrogen-bond donors (Lipinski definition) is 1. The first kappa shape index (κ1) is 22.3. The molecule has 1 amide bonds. The van der Waals surface area contributed by atoms with Crippen LogP contribution in [0.15, 0.2) is 46.9 Å². The number of benzene rings is 2. The Morgan fingerprint density at radius 1 is 1.12 bits per heavy atom. The summed E-state index contributed by atoms with van der Waals surface area (Å²) in [5, 5.41) is 2.69. The molecular formula is C23H20BrF3N4O. The molecule has 5 nitrogen and oxygen atoms in total. The highest BCUT2D eigenvalue weighted by molar-refractivity contribution is 9.10. The topological polar surface area (TPSA) is 58.1 Å². The van der Waals surface area contributed by atoms with Crippen molar-refractivity contribution in [2.45, 2.75) is 32.9 Å². The van der Waals surface area contributed by atoms with Gasteiger partial charge in [0.05, 0.1) is 11.3 Å². The molecular weight excluding hydrogens is 485 g/mol. The van der Waals surface area contributed by atoms with E-state index in [9.17, 15) is 18.0 Å². The van der Waals surface area contributed by atoms with Gasteiger partial charge in [-0.1, -0.05) is 38.1 Å². The lowest BCUT2D eigenvalue weighted by molar-refractivity contribution is -0.137. The minimum atomic E-state index is -4.57. The first-order chi connectivity index (χ1) is 15.1. The van der Waals surface area contributed by atoms with Gasteiger partial charge in [0.1, 0.15) is 23.8 Å². The molecule has 0 unspecified atom stereocenters. The number of nitrogens with one attached hydrogen (secondary N) is 1. The van der Waals surface area contributed by atoms with E-state index in [0.717, 1.165) is 16.1 Å². The van der Waals surface area contributed by atoms with E-state index in [1.165, 1.54) is 18.2 Å². The number of aryl methyl sites for hydroxylation is 1. The Hall–Kier alpha value is -2.94. The van der Waals surface area contributed by atoms with Crippen LogP contribution >= 0.6 is 15.9 Å². The van der Waals surface area contributed by atoms with Gasteiger partial charge < -0.3 is 10.2 Å². The van der Waals surface area contributed by atoms with E-state index in [-0.39, 0.29) is 29.4 Å². The molecule has 0 saturated carbocycles. The first-order valence-corrected chi connectivity index (χ1v) is 10.8. The van der Waals surface area contributed by atoms with Gasteiger partial charge in [0.25, 0.3) is 0 Å². The van der Waals surface area contributed by atoms with E-state index < -0.39 is 11.7 Å². The number of rotatable bonds is 3. The number of fused-ring (bicyclic) bond motifs is 1. The fourth-order valence-electron chi connectivity index (χ4n) is 3.70. The summed E-state index contributed by atoms with van der Waals surface area (Å²) in [5.74, 6) is 0.594. The number of carbonyl (C=O) groups is 1. The zero-order chi connectivity index (χ0) is 23.2. The lowest BCUT2D eigenvalue weighted by Crippen LogP contribution is -2.36. The van der Waals surface area contributed by atoms with E-state index in [1.54, 1.807) is 11.8 Å². The van der Waals surface area contributed by atoms with Crippen LogP contribution in [0.2, 0.25) is 0 Å². The summed E-state index contributed by atoms with van der Waals surface area (Å²) in [4.78, 5) is 23.1. The predicted molar refractivity (Wildman–Crippen MR) is 121 cm³/mol. The maximum Gasteiger partial charge on any atom is 0.417 e. The summed E-state index contributed by atoms with van der Waals surface area (Å²) in [6, 6.07) is 11.0.